The molecule has 4 heteroatoms. The monoisotopic (exact) mass is 339 g/mol. The molecule has 2 heterocycles. The third-order valence-electron chi connectivity index (χ3n) is 4.77. The summed E-state index contributed by atoms with van der Waals surface area (Å²) in [5, 5.41) is 9.73. The summed E-state index contributed by atoms with van der Waals surface area (Å²) in [6, 6.07) is 17.8. The minimum absolute atomic E-state index is 0.125. The van der Waals surface area contributed by atoms with Gasteiger partial charge in [-0.25, -0.2) is 0 Å². The number of nitriles is 1. The topological polar surface area (TPSA) is 57.0 Å². The highest BCUT2D eigenvalue weighted by molar-refractivity contribution is 5.99. The molecule has 0 saturated heterocycles. The van der Waals surface area contributed by atoms with E-state index >= 15 is 0 Å². The van der Waals surface area contributed by atoms with Crippen LogP contribution in [0.1, 0.15) is 23.6 Å². The maximum absolute atomic E-state index is 12.7. The number of hydrogen-bond donors (Lipinski definition) is 0. The summed E-state index contributed by atoms with van der Waals surface area (Å²) in [5.74, 6) is -0.259. The largest absolute Gasteiger partial charge is 0.342 e. The maximum Gasteiger partial charge on any atom is 0.150 e. The van der Waals surface area contributed by atoms with Crippen LogP contribution < -0.4 is 0 Å². The van der Waals surface area contributed by atoms with Gasteiger partial charge in [-0.3, -0.25) is 9.78 Å². The van der Waals surface area contributed by atoms with Crippen LogP contribution in [0.4, 0.5) is 0 Å². The van der Waals surface area contributed by atoms with Crippen molar-refractivity contribution in [3.05, 3.63) is 95.1 Å². The van der Waals surface area contributed by atoms with Crippen LogP contribution in [0.3, 0.4) is 0 Å². The van der Waals surface area contributed by atoms with Crippen molar-refractivity contribution in [2.45, 2.75) is 12.3 Å². The van der Waals surface area contributed by atoms with E-state index in [-0.39, 0.29) is 11.7 Å². The molecule has 2 aromatic rings. The predicted octanol–water partition coefficient (Wildman–Crippen LogP) is 3.83. The molecule has 1 unspecified atom stereocenters. The minimum Gasteiger partial charge on any atom is -0.342 e. The number of ketones is 1. The number of nitrogens with zero attached hydrogens (tertiary/aromatic N) is 3. The SMILES string of the molecule is CN1C=C2CC(=O)C(c3ccccn3)C=C2C(c2ccccc2)=C1C#N. The number of Topliss-reactive ketones (excluding diaryl/α,β-unsaturated/α-hetero) is 1. The fourth-order valence-electron chi connectivity index (χ4n) is 3.56. The first-order valence-corrected chi connectivity index (χ1v) is 8.48. The lowest BCUT2D eigenvalue weighted by Crippen LogP contribution is -2.25. The van der Waals surface area contributed by atoms with Crippen LogP contribution in [-0.4, -0.2) is 22.7 Å². The molecule has 0 N–H and O–H groups in total. The molecular weight excluding hydrogens is 322 g/mol. The molecule has 1 aliphatic heterocycles. The molecule has 0 spiro atoms. The summed E-state index contributed by atoms with van der Waals surface area (Å²) >= 11 is 0. The summed E-state index contributed by atoms with van der Waals surface area (Å²) in [7, 11) is 1.85. The Balaban J connectivity index is 1.91. The normalized spacial score (nSPS) is 19.5. The number of allylic oxidation sites excluding steroid dienone is 5. The summed E-state index contributed by atoms with van der Waals surface area (Å²) in [4.78, 5) is 18.9. The van der Waals surface area contributed by atoms with Crippen LogP contribution in [0, 0.1) is 11.3 Å². The molecular formula is C22H17N3O. The van der Waals surface area contributed by atoms with Gasteiger partial charge in [-0.1, -0.05) is 42.5 Å². The first-order chi connectivity index (χ1) is 12.7. The van der Waals surface area contributed by atoms with Gasteiger partial charge in [0, 0.05) is 31.4 Å². The van der Waals surface area contributed by atoms with Crippen molar-refractivity contribution < 1.29 is 4.79 Å². The van der Waals surface area contributed by atoms with Gasteiger partial charge in [0.15, 0.2) is 0 Å². The van der Waals surface area contributed by atoms with Crippen molar-refractivity contribution in [3.8, 4) is 6.07 Å². The first-order valence-electron chi connectivity index (χ1n) is 8.48. The summed E-state index contributed by atoms with van der Waals surface area (Å²) in [6.45, 7) is 0. The highest BCUT2D eigenvalue weighted by Gasteiger charge is 2.33. The van der Waals surface area contributed by atoms with E-state index in [0.29, 0.717) is 12.1 Å². The molecule has 0 fully saturated rings. The average molecular weight is 339 g/mol. The van der Waals surface area contributed by atoms with Crippen molar-refractivity contribution in [1.29, 1.82) is 5.26 Å². The lowest BCUT2D eigenvalue weighted by Gasteiger charge is -2.31. The van der Waals surface area contributed by atoms with Crippen molar-refractivity contribution in [1.82, 2.24) is 9.88 Å². The van der Waals surface area contributed by atoms with Gasteiger partial charge in [0.1, 0.15) is 17.5 Å². The molecule has 1 aliphatic carbocycles. The Hall–Kier alpha value is -3.45. The third kappa shape index (κ3) is 2.64. The van der Waals surface area contributed by atoms with Crippen LogP contribution >= 0.6 is 0 Å². The Bertz CT molecular complexity index is 995. The Kier molecular flexibility index (Phi) is 3.98. The molecule has 26 heavy (non-hydrogen) atoms. The zero-order valence-corrected chi connectivity index (χ0v) is 14.4. The van der Waals surface area contributed by atoms with Crippen LogP contribution in [-0.2, 0) is 4.79 Å². The molecule has 126 valence electrons. The molecule has 0 saturated carbocycles. The molecule has 1 aromatic carbocycles. The molecule has 2 aliphatic rings. The molecule has 1 aromatic heterocycles. The van der Waals surface area contributed by atoms with E-state index in [1.54, 1.807) is 6.20 Å². The zero-order valence-electron chi connectivity index (χ0n) is 14.4. The zero-order chi connectivity index (χ0) is 18.1. The lowest BCUT2D eigenvalue weighted by atomic mass is 9.77. The van der Waals surface area contributed by atoms with E-state index in [2.05, 4.69) is 11.1 Å². The standard InChI is InChI=1S/C22H17N3O/c1-25-14-16-11-21(26)18(19-9-5-6-10-24-19)12-17(16)22(20(25)13-23)15-7-3-2-4-8-15/h2-10,12,14,18H,11H2,1H3. The Morgan fingerprint density at radius 1 is 1.15 bits per heavy atom. The van der Waals surface area contributed by atoms with Gasteiger partial charge in [0.25, 0.3) is 0 Å². The fourth-order valence-corrected chi connectivity index (χ4v) is 3.56. The van der Waals surface area contributed by atoms with Crippen LogP contribution in [0.25, 0.3) is 5.57 Å². The first kappa shape index (κ1) is 16.0. The molecule has 4 rings (SSSR count). The number of fused-ring (bicyclic) bond motifs is 1. The summed E-state index contributed by atoms with van der Waals surface area (Å²) in [5.41, 5.74) is 5.08. The third-order valence-corrected chi connectivity index (χ3v) is 4.77. The summed E-state index contributed by atoms with van der Waals surface area (Å²) < 4.78 is 0. The van der Waals surface area contributed by atoms with E-state index in [1.807, 2.05) is 72.8 Å². The Morgan fingerprint density at radius 3 is 2.62 bits per heavy atom. The van der Waals surface area contributed by atoms with Crippen molar-refractivity contribution in [2.24, 2.45) is 0 Å². The number of aromatic nitrogens is 1. The maximum atomic E-state index is 12.7. The Labute approximate surface area is 152 Å². The lowest BCUT2D eigenvalue weighted by molar-refractivity contribution is -0.119. The van der Waals surface area contributed by atoms with Gasteiger partial charge < -0.3 is 4.90 Å². The van der Waals surface area contributed by atoms with Crippen molar-refractivity contribution in [3.63, 3.8) is 0 Å². The fraction of sp³-hybridized carbons (Fsp3) is 0.136. The van der Waals surface area contributed by atoms with E-state index in [9.17, 15) is 10.1 Å². The van der Waals surface area contributed by atoms with Gasteiger partial charge in [0.2, 0.25) is 0 Å². The van der Waals surface area contributed by atoms with Gasteiger partial charge >= 0.3 is 0 Å². The molecule has 0 radical (unpaired) electrons. The van der Waals surface area contributed by atoms with Gasteiger partial charge in [-0.2, -0.15) is 5.26 Å². The second kappa shape index (κ2) is 6.45. The minimum atomic E-state index is -0.384. The van der Waals surface area contributed by atoms with Crippen LogP contribution in [0.15, 0.2) is 83.8 Å². The van der Waals surface area contributed by atoms with Crippen LogP contribution in [0.5, 0.6) is 0 Å². The van der Waals surface area contributed by atoms with Crippen molar-refractivity contribution in [2.75, 3.05) is 7.05 Å². The number of benzene rings is 1. The second-order valence-corrected chi connectivity index (χ2v) is 6.42. The number of hydrogen-bond acceptors (Lipinski definition) is 4. The van der Waals surface area contributed by atoms with Crippen LogP contribution in [0.2, 0.25) is 0 Å². The van der Waals surface area contributed by atoms with Gasteiger partial charge in [-0.05, 0) is 28.8 Å². The van der Waals surface area contributed by atoms with E-state index in [4.69, 9.17) is 0 Å². The number of rotatable bonds is 2. The van der Waals surface area contributed by atoms with E-state index < -0.39 is 0 Å². The van der Waals surface area contributed by atoms with Crippen molar-refractivity contribution >= 4 is 11.4 Å². The van der Waals surface area contributed by atoms with E-state index in [1.165, 1.54) is 0 Å². The molecule has 0 amide bonds. The predicted molar refractivity (Wildman–Crippen MR) is 99.5 cm³/mol. The Morgan fingerprint density at radius 2 is 1.92 bits per heavy atom. The number of carbonyl (C=O) groups is 1. The molecule has 1 atom stereocenters. The number of carbonyl (C=O) groups excluding carboxylic acids is 1. The van der Waals surface area contributed by atoms with E-state index in [0.717, 1.165) is 28.0 Å². The average Bonchev–Trinajstić information content (AvgIpc) is 2.68. The van der Waals surface area contributed by atoms with Gasteiger partial charge in [0.05, 0.1) is 11.6 Å². The highest BCUT2D eigenvalue weighted by Crippen LogP contribution is 2.43. The molecule has 4 nitrogen and oxygen atoms in total. The summed E-state index contributed by atoms with van der Waals surface area (Å²) in [6.07, 6.45) is 5.90. The quantitative estimate of drug-likeness (QED) is 0.834. The molecule has 0 bridgehead atoms. The smallest absolute Gasteiger partial charge is 0.150 e. The highest BCUT2D eigenvalue weighted by atomic mass is 16.1. The number of pyridine rings is 1. The second-order valence-electron chi connectivity index (χ2n) is 6.42. The van der Waals surface area contributed by atoms with Gasteiger partial charge in [-0.15, -0.1) is 0 Å².